The number of aliphatic carboxylic acids is 1. The van der Waals surface area contributed by atoms with Crippen molar-refractivity contribution in [1.82, 2.24) is 0 Å². The first-order chi connectivity index (χ1) is 7.99. The van der Waals surface area contributed by atoms with Gasteiger partial charge >= 0.3 is 11.9 Å². The number of hydrogen-bond donors (Lipinski definition) is 2. The van der Waals surface area contributed by atoms with E-state index in [9.17, 15) is 9.59 Å². The highest BCUT2D eigenvalue weighted by Gasteiger charge is 2.00. The smallest absolute Gasteiger partial charge is 0.330 e. The van der Waals surface area contributed by atoms with E-state index in [2.05, 4.69) is 17.9 Å². The molecule has 0 spiro atoms. The highest BCUT2D eigenvalue weighted by molar-refractivity contribution is 5.85. The van der Waals surface area contributed by atoms with Crippen molar-refractivity contribution in [3.8, 4) is 0 Å². The molecule has 5 heteroatoms. The largest absolute Gasteiger partial charge is 0.478 e. The van der Waals surface area contributed by atoms with Crippen molar-refractivity contribution in [3.05, 3.63) is 24.8 Å². The quantitative estimate of drug-likeness (QED) is 0.524. The Bertz CT molecular complexity index is 258. The van der Waals surface area contributed by atoms with Gasteiger partial charge in [-0.3, -0.25) is 0 Å². The maximum absolute atomic E-state index is 10.2. The van der Waals surface area contributed by atoms with Gasteiger partial charge in [-0.15, -0.1) is 0 Å². The number of aliphatic hydroxyl groups excluding tert-OH is 1. The summed E-state index contributed by atoms with van der Waals surface area (Å²) in [5.74, 6) is -1.32. The van der Waals surface area contributed by atoms with Crippen molar-refractivity contribution in [2.24, 2.45) is 0 Å². The van der Waals surface area contributed by atoms with E-state index in [1.807, 2.05) is 6.92 Å². The Balaban J connectivity index is 0. The zero-order valence-corrected chi connectivity index (χ0v) is 10.1. The molecular formula is C12H20O5. The van der Waals surface area contributed by atoms with Crippen molar-refractivity contribution in [1.29, 1.82) is 0 Å². The Labute approximate surface area is 101 Å². The summed E-state index contributed by atoms with van der Waals surface area (Å²) in [4.78, 5) is 20.3. The Hall–Kier alpha value is -1.62. The standard InChI is InChI=1S/C6H10O3.C6H10O2/c1-5(6(8)9)3-2-4-7;1-3-5-8-6(7)4-2/h7H,1-4H2,(H,8,9);4H,2-3,5H2,1H3. The number of aliphatic hydroxyl groups is 1. The summed E-state index contributed by atoms with van der Waals surface area (Å²) in [6.07, 6.45) is 2.87. The number of esters is 1. The van der Waals surface area contributed by atoms with Crippen LogP contribution in [0.4, 0.5) is 0 Å². The summed E-state index contributed by atoms with van der Waals surface area (Å²) in [7, 11) is 0. The molecule has 0 bridgehead atoms. The summed E-state index contributed by atoms with van der Waals surface area (Å²) in [5, 5.41) is 16.5. The monoisotopic (exact) mass is 244 g/mol. The fourth-order valence-corrected chi connectivity index (χ4v) is 0.661. The zero-order chi connectivity index (χ0) is 13.7. The molecule has 0 aromatic heterocycles. The lowest BCUT2D eigenvalue weighted by atomic mass is 10.2. The Morgan fingerprint density at radius 1 is 1.41 bits per heavy atom. The summed E-state index contributed by atoms with van der Waals surface area (Å²) in [5.41, 5.74) is 0.157. The number of carbonyl (C=O) groups is 2. The molecule has 98 valence electrons. The molecule has 0 radical (unpaired) electrons. The third kappa shape index (κ3) is 14.4. The van der Waals surface area contributed by atoms with Gasteiger partial charge in [0, 0.05) is 18.3 Å². The summed E-state index contributed by atoms with van der Waals surface area (Å²) in [6, 6.07) is 0. The van der Waals surface area contributed by atoms with Crippen molar-refractivity contribution < 1.29 is 24.5 Å². The molecule has 0 rings (SSSR count). The minimum Gasteiger partial charge on any atom is -0.478 e. The summed E-state index contributed by atoms with van der Waals surface area (Å²) >= 11 is 0. The van der Waals surface area contributed by atoms with Crippen LogP contribution in [0.15, 0.2) is 24.8 Å². The molecule has 2 N–H and O–H groups in total. The highest BCUT2D eigenvalue weighted by atomic mass is 16.5. The minimum absolute atomic E-state index is 0.0201. The lowest BCUT2D eigenvalue weighted by Gasteiger charge is -1.94. The Morgan fingerprint density at radius 2 is 2.00 bits per heavy atom. The van der Waals surface area contributed by atoms with E-state index < -0.39 is 5.97 Å². The third-order valence-corrected chi connectivity index (χ3v) is 1.55. The first kappa shape index (κ1) is 17.8. The molecule has 0 aromatic rings. The van der Waals surface area contributed by atoms with E-state index in [0.29, 0.717) is 19.4 Å². The number of carboxylic acid groups (broad SMARTS) is 1. The highest BCUT2D eigenvalue weighted by Crippen LogP contribution is 2.00. The first-order valence-corrected chi connectivity index (χ1v) is 5.30. The molecule has 0 aliphatic carbocycles. The topological polar surface area (TPSA) is 83.8 Å². The van der Waals surface area contributed by atoms with Gasteiger partial charge in [-0.2, -0.15) is 0 Å². The molecule has 0 heterocycles. The van der Waals surface area contributed by atoms with Crippen LogP contribution in [0, 0.1) is 0 Å². The van der Waals surface area contributed by atoms with Crippen molar-refractivity contribution in [2.75, 3.05) is 13.2 Å². The van der Waals surface area contributed by atoms with Crippen molar-refractivity contribution in [3.63, 3.8) is 0 Å². The molecular weight excluding hydrogens is 224 g/mol. The molecule has 0 atom stereocenters. The van der Waals surface area contributed by atoms with Gasteiger partial charge in [0.25, 0.3) is 0 Å². The molecule has 0 aliphatic heterocycles. The van der Waals surface area contributed by atoms with Crippen LogP contribution < -0.4 is 0 Å². The van der Waals surface area contributed by atoms with Crippen LogP contribution in [-0.2, 0) is 14.3 Å². The summed E-state index contributed by atoms with van der Waals surface area (Å²) in [6.45, 7) is 8.97. The molecule has 5 nitrogen and oxygen atoms in total. The van der Waals surface area contributed by atoms with Crippen LogP contribution in [0.3, 0.4) is 0 Å². The van der Waals surface area contributed by atoms with Gasteiger partial charge in [-0.25, -0.2) is 9.59 Å². The van der Waals surface area contributed by atoms with Gasteiger partial charge in [0.1, 0.15) is 0 Å². The fraction of sp³-hybridized carbons (Fsp3) is 0.500. The fourth-order valence-electron chi connectivity index (χ4n) is 0.661. The average molecular weight is 244 g/mol. The molecule has 0 saturated carbocycles. The van der Waals surface area contributed by atoms with E-state index in [0.717, 1.165) is 12.5 Å². The second kappa shape index (κ2) is 12.4. The predicted octanol–water partition coefficient (Wildman–Crippen LogP) is 1.53. The maximum atomic E-state index is 10.2. The second-order valence-corrected chi connectivity index (χ2v) is 3.11. The first-order valence-electron chi connectivity index (χ1n) is 5.30. The molecule has 0 aliphatic rings. The van der Waals surface area contributed by atoms with Gasteiger partial charge in [0.05, 0.1) is 6.61 Å². The molecule has 0 fully saturated rings. The van der Waals surface area contributed by atoms with Gasteiger partial charge in [-0.1, -0.05) is 20.1 Å². The Morgan fingerprint density at radius 3 is 2.35 bits per heavy atom. The van der Waals surface area contributed by atoms with E-state index in [-0.39, 0.29) is 18.1 Å². The van der Waals surface area contributed by atoms with E-state index >= 15 is 0 Å². The predicted molar refractivity (Wildman–Crippen MR) is 64.5 cm³/mol. The summed E-state index contributed by atoms with van der Waals surface area (Å²) < 4.78 is 4.58. The van der Waals surface area contributed by atoms with Crippen LogP contribution in [0.2, 0.25) is 0 Å². The van der Waals surface area contributed by atoms with Crippen LogP contribution >= 0.6 is 0 Å². The number of ether oxygens (including phenoxy) is 1. The third-order valence-electron chi connectivity index (χ3n) is 1.55. The van der Waals surface area contributed by atoms with Crippen LogP contribution in [0.5, 0.6) is 0 Å². The molecule has 17 heavy (non-hydrogen) atoms. The van der Waals surface area contributed by atoms with Crippen LogP contribution in [0.25, 0.3) is 0 Å². The average Bonchev–Trinajstić information content (AvgIpc) is 2.33. The SMILES string of the molecule is C=C(CCCO)C(=O)O.C=CC(=O)OCCC. The van der Waals surface area contributed by atoms with Crippen molar-refractivity contribution >= 4 is 11.9 Å². The van der Waals surface area contributed by atoms with E-state index in [1.165, 1.54) is 0 Å². The number of carbonyl (C=O) groups excluding carboxylic acids is 1. The lowest BCUT2D eigenvalue weighted by Crippen LogP contribution is -1.99. The number of carboxylic acids is 1. The normalized spacial score (nSPS) is 8.59. The number of rotatable bonds is 7. The van der Waals surface area contributed by atoms with Gasteiger partial charge in [0.2, 0.25) is 0 Å². The van der Waals surface area contributed by atoms with Gasteiger partial charge in [-0.05, 0) is 19.3 Å². The van der Waals surface area contributed by atoms with Gasteiger partial charge < -0.3 is 14.9 Å². The molecule has 0 amide bonds. The molecule has 0 aromatic carbocycles. The number of hydrogen-bond acceptors (Lipinski definition) is 4. The molecule has 0 saturated heterocycles. The van der Waals surface area contributed by atoms with E-state index in [1.54, 1.807) is 0 Å². The zero-order valence-electron chi connectivity index (χ0n) is 10.1. The Kier molecular flexibility index (Phi) is 13.0. The maximum Gasteiger partial charge on any atom is 0.330 e. The van der Waals surface area contributed by atoms with Crippen LogP contribution in [-0.4, -0.2) is 35.4 Å². The minimum atomic E-state index is -0.983. The van der Waals surface area contributed by atoms with Crippen molar-refractivity contribution in [2.45, 2.75) is 26.2 Å². The second-order valence-electron chi connectivity index (χ2n) is 3.11. The van der Waals surface area contributed by atoms with Gasteiger partial charge in [0.15, 0.2) is 0 Å². The lowest BCUT2D eigenvalue weighted by molar-refractivity contribution is -0.137. The van der Waals surface area contributed by atoms with E-state index in [4.69, 9.17) is 10.2 Å². The molecule has 0 unspecified atom stereocenters. The van der Waals surface area contributed by atoms with Crippen LogP contribution in [0.1, 0.15) is 26.2 Å².